The first-order chi connectivity index (χ1) is 9.47. The Morgan fingerprint density at radius 2 is 2.35 bits per heavy atom. The van der Waals surface area contributed by atoms with Gasteiger partial charge in [0.15, 0.2) is 11.5 Å². The smallest absolute Gasteiger partial charge is 0.240 e. The fraction of sp³-hybridized carbons (Fsp3) is 0.500. The summed E-state index contributed by atoms with van der Waals surface area (Å²) in [7, 11) is 0. The first-order valence-corrected chi connectivity index (χ1v) is 6.11. The van der Waals surface area contributed by atoms with E-state index in [0.29, 0.717) is 0 Å². The minimum absolute atomic E-state index is 0.00876. The molecule has 0 saturated carbocycles. The summed E-state index contributed by atoms with van der Waals surface area (Å²) in [5, 5.41) is 18.8. The van der Waals surface area contributed by atoms with Crippen LogP contribution in [0.4, 0.5) is 10.2 Å². The van der Waals surface area contributed by atoms with Crippen molar-refractivity contribution in [1.29, 1.82) is 0 Å². The number of anilines is 1. The summed E-state index contributed by atoms with van der Waals surface area (Å²) in [5.41, 5.74) is 5.85. The Labute approximate surface area is 117 Å². The van der Waals surface area contributed by atoms with Gasteiger partial charge >= 0.3 is 0 Å². The molecule has 0 radical (unpaired) electrons. The van der Waals surface area contributed by atoms with Gasteiger partial charge in [-0.1, -0.05) is 0 Å². The number of imidazole rings is 1. The number of aromatic nitrogens is 4. The lowest BCUT2D eigenvalue weighted by molar-refractivity contribution is -0.0462. The Morgan fingerprint density at radius 1 is 1.60 bits per heavy atom. The van der Waals surface area contributed by atoms with Crippen LogP contribution in [0.15, 0.2) is 6.33 Å². The highest BCUT2D eigenvalue weighted by Crippen LogP contribution is 2.36. The third-order valence-corrected chi connectivity index (χ3v) is 3.45. The van der Waals surface area contributed by atoms with Crippen molar-refractivity contribution in [3.63, 3.8) is 0 Å². The van der Waals surface area contributed by atoms with Gasteiger partial charge in [-0.25, -0.2) is 9.37 Å². The minimum Gasteiger partial charge on any atom is -0.394 e. The van der Waals surface area contributed by atoms with Crippen LogP contribution in [0.1, 0.15) is 0 Å². The molecular formula is C10H11ClFN5O3. The number of ether oxygens (including phenoxy) is 1. The number of nitrogen functional groups attached to an aromatic ring is 1. The van der Waals surface area contributed by atoms with Gasteiger partial charge in [0.2, 0.25) is 11.1 Å². The van der Waals surface area contributed by atoms with Crippen molar-refractivity contribution in [3.8, 4) is 0 Å². The molecular weight excluding hydrogens is 293 g/mol. The number of halogens is 2. The third kappa shape index (κ3) is 1.74. The Morgan fingerprint density at radius 3 is 3.00 bits per heavy atom. The van der Waals surface area contributed by atoms with E-state index in [0.717, 1.165) is 10.9 Å². The van der Waals surface area contributed by atoms with Crippen LogP contribution in [-0.2, 0) is 10.5 Å². The van der Waals surface area contributed by atoms with E-state index in [1.807, 2.05) is 0 Å². The summed E-state index contributed by atoms with van der Waals surface area (Å²) in [6, 6.07) is 0. The summed E-state index contributed by atoms with van der Waals surface area (Å²) >= 11 is 5.70. The minimum atomic E-state index is -2.31. The molecule has 0 spiro atoms. The molecule has 3 rings (SSSR count). The molecule has 4 N–H and O–H groups in total. The topological polar surface area (TPSA) is 119 Å². The van der Waals surface area contributed by atoms with Gasteiger partial charge in [0, 0.05) is 0 Å². The number of fused-ring (bicyclic) bond motifs is 1. The predicted octanol–water partition coefficient (Wildman–Crippen LogP) is -0.564. The molecule has 1 aliphatic heterocycles. The summed E-state index contributed by atoms with van der Waals surface area (Å²) in [4.78, 5) is 11.5. The number of aliphatic hydroxyl groups is 2. The number of hydrogen-bond acceptors (Lipinski definition) is 7. The molecule has 3 heterocycles. The van der Waals surface area contributed by atoms with Gasteiger partial charge in [-0.05, 0) is 11.6 Å². The molecule has 20 heavy (non-hydrogen) atoms. The highest BCUT2D eigenvalue weighted by molar-refractivity contribution is 6.28. The quantitative estimate of drug-likeness (QED) is 0.636. The van der Waals surface area contributed by atoms with Gasteiger partial charge in [-0.2, -0.15) is 9.97 Å². The molecule has 2 aromatic heterocycles. The van der Waals surface area contributed by atoms with Crippen molar-refractivity contribution in [3.05, 3.63) is 11.6 Å². The van der Waals surface area contributed by atoms with E-state index in [4.69, 9.17) is 27.2 Å². The van der Waals surface area contributed by atoms with Crippen LogP contribution in [0.5, 0.6) is 0 Å². The van der Waals surface area contributed by atoms with E-state index in [1.165, 1.54) is 0 Å². The fourth-order valence-electron chi connectivity index (χ4n) is 2.22. The molecule has 1 fully saturated rings. The van der Waals surface area contributed by atoms with Crippen molar-refractivity contribution < 1.29 is 19.3 Å². The number of alkyl halides is 1. The molecule has 1 aliphatic rings. The molecule has 0 bridgehead atoms. The molecule has 1 saturated heterocycles. The van der Waals surface area contributed by atoms with E-state index < -0.39 is 31.2 Å². The standard InChI is InChI=1S/C10H11ClFN5O3/c11-9-15-7(13)5-8(16-9)17(3-14-5)10(12)2-20-4(1-18)6(10)19/h3-4,6,18-19H,1-2H2,(H2,13,15,16)/t4-,6?,10?/m1/s1. The predicted molar refractivity (Wildman–Crippen MR) is 66.7 cm³/mol. The van der Waals surface area contributed by atoms with Crippen molar-refractivity contribution in [2.24, 2.45) is 0 Å². The van der Waals surface area contributed by atoms with Crippen LogP contribution in [0.25, 0.3) is 11.2 Å². The third-order valence-electron chi connectivity index (χ3n) is 3.28. The zero-order chi connectivity index (χ0) is 14.5. The normalized spacial score (nSPS) is 30.2. The van der Waals surface area contributed by atoms with Crippen LogP contribution in [0, 0.1) is 0 Å². The molecule has 0 amide bonds. The highest BCUT2D eigenvalue weighted by atomic mass is 35.5. The second kappa shape index (κ2) is 4.48. The van der Waals surface area contributed by atoms with Crippen LogP contribution in [-0.4, -0.2) is 55.2 Å². The van der Waals surface area contributed by atoms with Gasteiger partial charge < -0.3 is 20.7 Å². The summed E-state index contributed by atoms with van der Waals surface area (Å²) < 4.78 is 21.0. The fourth-order valence-corrected chi connectivity index (χ4v) is 2.39. The maximum Gasteiger partial charge on any atom is 0.240 e. The summed E-state index contributed by atoms with van der Waals surface area (Å²) in [5.74, 6) is -2.30. The van der Waals surface area contributed by atoms with Crippen molar-refractivity contribution >= 4 is 28.6 Å². The van der Waals surface area contributed by atoms with Gasteiger partial charge in [0.05, 0.1) is 12.9 Å². The zero-order valence-corrected chi connectivity index (χ0v) is 10.8. The number of nitrogens with zero attached hydrogens (tertiary/aromatic N) is 4. The highest BCUT2D eigenvalue weighted by Gasteiger charge is 2.52. The number of aliphatic hydroxyl groups excluding tert-OH is 2. The van der Waals surface area contributed by atoms with Gasteiger partial charge in [0.1, 0.15) is 24.3 Å². The molecule has 2 aromatic rings. The summed E-state index contributed by atoms with van der Waals surface area (Å²) in [6.07, 6.45) is -1.45. The van der Waals surface area contributed by atoms with E-state index >= 15 is 0 Å². The van der Waals surface area contributed by atoms with E-state index in [2.05, 4.69) is 15.0 Å². The largest absolute Gasteiger partial charge is 0.394 e. The maximum absolute atomic E-state index is 15.0. The molecule has 8 nitrogen and oxygen atoms in total. The van der Waals surface area contributed by atoms with Crippen LogP contribution < -0.4 is 5.73 Å². The molecule has 108 valence electrons. The first kappa shape index (κ1) is 13.4. The van der Waals surface area contributed by atoms with Crippen LogP contribution in [0.2, 0.25) is 5.28 Å². The molecule has 0 aliphatic carbocycles. The lowest BCUT2D eigenvalue weighted by Crippen LogP contribution is -2.43. The van der Waals surface area contributed by atoms with E-state index in [1.54, 1.807) is 0 Å². The molecule has 10 heteroatoms. The van der Waals surface area contributed by atoms with E-state index in [-0.39, 0.29) is 22.3 Å². The lowest BCUT2D eigenvalue weighted by Gasteiger charge is -2.24. The lowest BCUT2D eigenvalue weighted by atomic mass is 10.1. The van der Waals surface area contributed by atoms with Gasteiger partial charge in [-0.15, -0.1) is 0 Å². The number of rotatable bonds is 2. The summed E-state index contributed by atoms with van der Waals surface area (Å²) in [6.45, 7) is -0.955. The van der Waals surface area contributed by atoms with Crippen LogP contribution >= 0.6 is 11.6 Å². The second-order valence-corrected chi connectivity index (χ2v) is 4.80. The first-order valence-electron chi connectivity index (χ1n) is 5.73. The maximum atomic E-state index is 15.0. The average molecular weight is 304 g/mol. The Bertz CT molecular complexity index is 668. The Kier molecular flexibility index (Phi) is 3.01. The van der Waals surface area contributed by atoms with E-state index in [9.17, 15) is 9.50 Å². The zero-order valence-electron chi connectivity index (χ0n) is 10.1. The number of hydrogen-bond donors (Lipinski definition) is 3. The molecule has 2 unspecified atom stereocenters. The molecule has 0 aromatic carbocycles. The van der Waals surface area contributed by atoms with Gasteiger partial charge in [-0.3, -0.25) is 4.57 Å². The Balaban J connectivity index is 2.15. The van der Waals surface area contributed by atoms with Crippen molar-refractivity contribution in [2.45, 2.75) is 18.0 Å². The van der Waals surface area contributed by atoms with Crippen molar-refractivity contribution in [1.82, 2.24) is 19.5 Å². The van der Waals surface area contributed by atoms with Gasteiger partial charge in [0.25, 0.3) is 0 Å². The SMILES string of the molecule is Nc1nc(Cl)nc2c1ncn2C1(F)CO[C@H](CO)C1O. The Hall–Kier alpha value is -1.55. The number of nitrogens with two attached hydrogens (primary N) is 1. The monoisotopic (exact) mass is 303 g/mol. The molecule has 3 atom stereocenters. The van der Waals surface area contributed by atoms with Crippen molar-refractivity contribution in [2.75, 3.05) is 18.9 Å². The second-order valence-electron chi connectivity index (χ2n) is 4.46. The average Bonchev–Trinajstić information content (AvgIpc) is 2.94. The van der Waals surface area contributed by atoms with Crippen LogP contribution in [0.3, 0.4) is 0 Å².